The van der Waals surface area contributed by atoms with Crippen LogP contribution in [0.25, 0.3) is 11.0 Å². The number of nitrogens with one attached hydrogen (secondary N) is 1. The summed E-state index contributed by atoms with van der Waals surface area (Å²) in [7, 11) is 0. The van der Waals surface area contributed by atoms with Crippen molar-refractivity contribution in [1.82, 2.24) is 19.8 Å². The monoisotopic (exact) mass is 326 g/mol. The Kier molecular flexibility index (Phi) is 4.17. The summed E-state index contributed by atoms with van der Waals surface area (Å²) in [5, 5.41) is 0. The number of H-pyrrole nitrogens is 1. The molecule has 2 saturated heterocycles. The van der Waals surface area contributed by atoms with E-state index in [9.17, 15) is 4.79 Å². The van der Waals surface area contributed by atoms with E-state index in [1.807, 2.05) is 9.80 Å². The van der Waals surface area contributed by atoms with Crippen LogP contribution in [0.1, 0.15) is 49.4 Å². The maximum atomic E-state index is 12.6. The average Bonchev–Trinajstić information content (AvgIpc) is 3.05. The summed E-state index contributed by atoms with van der Waals surface area (Å²) >= 11 is 0. The second-order valence-corrected chi connectivity index (χ2v) is 7.23. The first-order chi connectivity index (χ1) is 11.7. The van der Waals surface area contributed by atoms with E-state index in [1.54, 1.807) is 0 Å². The van der Waals surface area contributed by atoms with Gasteiger partial charge in [-0.25, -0.2) is 9.78 Å². The predicted octanol–water partition coefficient (Wildman–Crippen LogP) is 3.66. The number of hydrogen-bond acceptors (Lipinski definition) is 2. The molecule has 0 atom stereocenters. The lowest BCUT2D eigenvalue weighted by atomic mass is 9.96. The van der Waals surface area contributed by atoms with Crippen molar-refractivity contribution in [2.75, 3.05) is 26.2 Å². The minimum atomic E-state index is 0.244. The third kappa shape index (κ3) is 2.99. The maximum Gasteiger partial charge on any atom is 0.319 e. The van der Waals surface area contributed by atoms with Crippen LogP contribution in [0.3, 0.4) is 0 Å². The number of aromatic amines is 1. The molecule has 0 spiro atoms. The Morgan fingerprint density at radius 1 is 1.08 bits per heavy atom. The lowest BCUT2D eigenvalue weighted by Gasteiger charge is -2.36. The lowest BCUT2D eigenvalue weighted by molar-refractivity contribution is 0.131. The standard InChI is InChI=1S/C19H26N4O/c1-14-5-6-16-17(13-14)21-18(20-16)15-7-11-23(12-8-15)19(24)22-9-3-2-4-10-22/h5-6,13,15H,2-4,7-12H2,1H3,(H,20,21). The van der Waals surface area contributed by atoms with E-state index in [0.717, 1.165) is 68.7 Å². The quantitative estimate of drug-likeness (QED) is 0.869. The highest BCUT2D eigenvalue weighted by Gasteiger charge is 2.28. The molecule has 2 aliphatic heterocycles. The van der Waals surface area contributed by atoms with Crippen LogP contribution < -0.4 is 0 Å². The largest absolute Gasteiger partial charge is 0.342 e. The molecule has 5 heteroatoms. The highest BCUT2D eigenvalue weighted by atomic mass is 16.2. The van der Waals surface area contributed by atoms with Crippen molar-refractivity contribution in [2.24, 2.45) is 0 Å². The fourth-order valence-corrected chi connectivity index (χ4v) is 3.97. The third-order valence-corrected chi connectivity index (χ3v) is 5.43. The Morgan fingerprint density at radius 3 is 2.54 bits per heavy atom. The Bertz CT molecular complexity index is 724. The zero-order valence-electron chi connectivity index (χ0n) is 14.4. The van der Waals surface area contributed by atoms with Crippen LogP contribution in [-0.4, -0.2) is 52.0 Å². The number of fused-ring (bicyclic) bond motifs is 1. The van der Waals surface area contributed by atoms with Crippen molar-refractivity contribution in [3.05, 3.63) is 29.6 Å². The summed E-state index contributed by atoms with van der Waals surface area (Å²) in [6.45, 7) is 5.65. The van der Waals surface area contributed by atoms with Crippen LogP contribution in [0.5, 0.6) is 0 Å². The number of benzene rings is 1. The normalized spacial score (nSPS) is 19.9. The maximum absolute atomic E-state index is 12.6. The number of imidazole rings is 1. The molecule has 1 aromatic heterocycles. The minimum Gasteiger partial charge on any atom is -0.342 e. The van der Waals surface area contributed by atoms with Gasteiger partial charge in [0.15, 0.2) is 0 Å². The zero-order chi connectivity index (χ0) is 16.5. The number of carbonyl (C=O) groups is 1. The fourth-order valence-electron chi connectivity index (χ4n) is 3.97. The minimum absolute atomic E-state index is 0.244. The second kappa shape index (κ2) is 6.46. The number of urea groups is 1. The molecule has 0 saturated carbocycles. The van der Waals surface area contributed by atoms with Crippen molar-refractivity contribution in [1.29, 1.82) is 0 Å². The smallest absolute Gasteiger partial charge is 0.319 e. The molecule has 2 fully saturated rings. The first-order valence-electron chi connectivity index (χ1n) is 9.21. The number of rotatable bonds is 1. The number of amides is 2. The van der Waals surface area contributed by atoms with Gasteiger partial charge in [-0.1, -0.05) is 6.07 Å². The molecule has 2 aliphatic rings. The predicted molar refractivity (Wildman–Crippen MR) is 95.2 cm³/mol. The van der Waals surface area contributed by atoms with Crippen LogP contribution in [0.4, 0.5) is 4.79 Å². The molecule has 128 valence electrons. The number of nitrogens with zero attached hydrogens (tertiary/aromatic N) is 3. The third-order valence-electron chi connectivity index (χ3n) is 5.43. The van der Waals surface area contributed by atoms with E-state index in [1.165, 1.54) is 12.0 Å². The number of aromatic nitrogens is 2. The molecule has 0 bridgehead atoms. The summed E-state index contributed by atoms with van der Waals surface area (Å²) < 4.78 is 0. The van der Waals surface area contributed by atoms with Crippen LogP contribution in [0.2, 0.25) is 0 Å². The Hall–Kier alpha value is -2.04. The molecule has 3 heterocycles. The van der Waals surface area contributed by atoms with E-state index in [0.29, 0.717) is 5.92 Å². The van der Waals surface area contributed by atoms with Gasteiger partial charge in [-0.15, -0.1) is 0 Å². The van der Waals surface area contributed by atoms with Crippen molar-refractivity contribution >= 4 is 17.1 Å². The second-order valence-electron chi connectivity index (χ2n) is 7.23. The molecule has 4 rings (SSSR count). The summed E-state index contributed by atoms with van der Waals surface area (Å²) in [4.78, 5) is 24.9. The first kappa shape index (κ1) is 15.5. The van der Waals surface area contributed by atoms with Crippen LogP contribution >= 0.6 is 0 Å². The summed E-state index contributed by atoms with van der Waals surface area (Å²) in [6, 6.07) is 6.58. The lowest BCUT2D eigenvalue weighted by Crippen LogP contribution is -2.48. The zero-order valence-corrected chi connectivity index (χ0v) is 14.4. The van der Waals surface area contributed by atoms with Gasteiger partial charge in [-0.3, -0.25) is 0 Å². The SMILES string of the molecule is Cc1ccc2nc(C3CCN(C(=O)N4CCCCC4)CC3)[nH]c2c1. The van der Waals surface area contributed by atoms with Crippen molar-refractivity contribution in [2.45, 2.75) is 44.9 Å². The van der Waals surface area contributed by atoms with Gasteiger partial charge in [0.1, 0.15) is 5.82 Å². The summed E-state index contributed by atoms with van der Waals surface area (Å²) in [5.74, 6) is 1.52. The summed E-state index contributed by atoms with van der Waals surface area (Å²) in [5.41, 5.74) is 3.42. The van der Waals surface area contributed by atoms with Crippen molar-refractivity contribution < 1.29 is 4.79 Å². The Morgan fingerprint density at radius 2 is 1.79 bits per heavy atom. The van der Waals surface area contributed by atoms with Gasteiger partial charge in [-0.05, 0) is 56.7 Å². The Balaban J connectivity index is 1.40. The molecule has 0 aliphatic carbocycles. The topological polar surface area (TPSA) is 52.2 Å². The van der Waals surface area contributed by atoms with Gasteiger partial charge in [0.05, 0.1) is 11.0 Å². The van der Waals surface area contributed by atoms with Gasteiger partial charge in [-0.2, -0.15) is 0 Å². The highest BCUT2D eigenvalue weighted by molar-refractivity contribution is 5.76. The number of hydrogen-bond donors (Lipinski definition) is 1. The van der Waals surface area contributed by atoms with E-state index >= 15 is 0 Å². The van der Waals surface area contributed by atoms with Crippen LogP contribution in [0, 0.1) is 6.92 Å². The molecule has 0 radical (unpaired) electrons. The molecular weight excluding hydrogens is 300 g/mol. The summed E-state index contributed by atoms with van der Waals surface area (Å²) in [6.07, 6.45) is 5.56. The number of piperidine rings is 2. The molecule has 24 heavy (non-hydrogen) atoms. The molecular formula is C19H26N4O. The highest BCUT2D eigenvalue weighted by Crippen LogP contribution is 2.28. The molecule has 2 amide bonds. The number of likely N-dealkylation sites (tertiary alicyclic amines) is 2. The number of carbonyl (C=O) groups excluding carboxylic acids is 1. The van der Waals surface area contributed by atoms with Gasteiger partial charge >= 0.3 is 6.03 Å². The van der Waals surface area contributed by atoms with E-state index < -0.39 is 0 Å². The van der Waals surface area contributed by atoms with Gasteiger partial charge in [0.2, 0.25) is 0 Å². The van der Waals surface area contributed by atoms with Gasteiger partial charge in [0.25, 0.3) is 0 Å². The Labute approximate surface area is 143 Å². The van der Waals surface area contributed by atoms with Gasteiger partial charge < -0.3 is 14.8 Å². The van der Waals surface area contributed by atoms with Crippen molar-refractivity contribution in [3.63, 3.8) is 0 Å². The first-order valence-corrected chi connectivity index (χ1v) is 9.21. The van der Waals surface area contributed by atoms with Crippen LogP contribution in [-0.2, 0) is 0 Å². The average molecular weight is 326 g/mol. The number of aryl methyl sites for hydroxylation is 1. The molecule has 2 aromatic rings. The van der Waals surface area contributed by atoms with Gasteiger partial charge in [0, 0.05) is 32.1 Å². The van der Waals surface area contributed by atoms with Crippen LogP contribution in [0.15, 0.2) is 18.2 Å². The molecule has 5 nitrogen and oxygen atoms in total. The van der Waals surface area contributed by atoms with E-state index in [4.69, 9.17) is 4.98 Å². The van der Waals surface area contributed by atoms with Crippen molar-refractivity contribution in [3.8, 4) is 0 Å². The van der Waals surface area contributed by atoms with E-state index in [2.05, 4.69) is 30.1 Å². The molecule has 1 N–H and O–H groups in total. The molecule has 0 unspecified atom stereocenters. The van der Waals surface area contributed by atoms with E-state index in [-0.39, 0.29) is 6.03 Å². The fraction of sp³-hybridized carbons (Fsp3) is 0.579. The molecule has 1 aromatic carbocycles.